The third kappa shape index (κ3) is 6.47. The second kappa shape index (κ2) is 8.68. The highest BCUT2D eigenvalue weighted by molar-refractivity contribution is 5.72. The van der Waals surface area contributed by atoms with Gasteiger partial charge in [0.05, 0.1) is 12.5 Å². The smallest absolute Gasteiger partial charge is 0.310 e. The highest BCUT2D eigenvalue weighted by atomic mass is 16.6. The van der Waals surface area contributed by atoms with Gasteiger partial charge in [-0.1, -0.05) is 20.8 Å². The van der Waals surface area contributed by atoms with E-state index in [1.54, 1.807) is 0 Å². The zero-order chi connectivity index (χ0) is 11.7. The lowest BCUT2D eigenvalue weighted by Crippen LogP contribution is -2.30. The summed E-state index contributed by atoms with van der Waals surface area (Å²) in [4.78, 5) is 11.5. The Labute approximate surface area is 92.1 Å². The van der Waals surface area contributed by atoms with Gasteiger partial charge in [-0.05, 0) is 12.3 Å². The highest BCUT2D eigenvalue weighted by Gasteiger charge is 2.21. The maximum absolute atomic E-state index is 11.5. The molecule has 0 spiro atoms. The zero-order valence-corrected chi connectivity index (χ0v) is 9.99. The molecular weight excluding hydrogens is 194 g/mol. The number of esters is 1. The van der Waals surface area contributed by atoms with Crippen molar-refractivity contribution >= 4 is 5.97 Å². The number of ether oxygens (including phenoxy) is 2. The molecule has 1 atom stereocenters. The van der Waals surface area contributed by atoms with E-state index in [0.29, 0.717) is 26.4 Å². The Balaban J connectivity index is 3.63. The Morgan fingerprint density at radius 1 is 1.27 bits per heavy atom. The molecule has 15 heavy (non-hydrogen) atoms. The summed E-state index contributed by atoms with van der Waals surface area (Å²) in [5.41, 5.74) is 5.49. The lowest BCUT2D eigenvalue weighted by molar-refractivity contribution is -0.151. The van der Waals surface area contributed by atoms with Gasteiger partial charge < -0.3 is 15.2 Å². The van der Waals surface area contributed by atoms with Crippen LogP contribution in [-0.2, 0) is 14.3 Å². The van der Waals surface area contributed by atoms with Crippen molar-refractivity contribution in [1.29, 1.82) is 0 Å². The standard InChI is InChI=1S/C11H23NO3/c1-4-5-14-6-7-15-11(13)10(8-12)9(2)3/h9-10H,4-8,12H2,1-3H3. The van der Waals surface area contributed by atoms with Gasteiger partial charge in [-0.3, -0.25) is 4.79 Å². The molecule has 0 aliphatic carbocycles. The fourth-order valence-electron chi connectivity index (χ4n) is 1.20. The first-order chi connectivity index (χ1) is 7.13. The maximum Gasteiger partial charge on any atom is 0.310 e. The second-order valence-corrected chi connectivity index (χ2v) is 3.87. The van der Waals surface area contributed by atoms with Gasteiger partial charge in [-0.15, -0.1) is 0 Å². The number of rotatable bonds is 8. The minimum absolute atomic E-state index is 0.198. The zero-order valence-electron chi connectivity index (χ0n) is 9.99. The van der Waals surface area contributed by atoms with E-state index in [1.165, 1.54) is 0 Å². The van der Waals surface area contributed by atoms with Crippen molar-refractivity contribution in [2.24, 2.45) is 17.6 Å². The monoisotopic (exact) mass is 217 g/mol. The molecule has 0 heterocycles. The maximum atomic E-state index is 11.5. The second-order valence-electron chi connectivity index (χ2n) is 3.87. The number of nitrogens with two attached hydrogens (primary N) is 1. The molecule has 1 unspecified atom stereocenters. The van der Waals surface area contributed by atoms with Crippen LogP contribution in [0.5, 0.6) is 0 Å². The Bertz CT molecular complexity index is 171. The minimum atomic E-state index is -0.215. The largest absolute Gasteiger partial charge is 0.463 e. The van der Waals surface area contributed by atoms with E-state index in [0.717, 1.165) is 6.42 Å². The molecule has 4 heteroatoms. The fourth-order valence-corrected chi connectivity index (χ4v) is 1.20. The third-order valence-corrected chi connectivity index (χ3v) is 2.18. The van der Waals surface area contributed by atoms with Gasteiger partial charge in [-0.25, -0.2) is 0 Å². The van der Waals surface area contributed by atoms with Crippen LogP contribution in [0.25, 0.3) is 0 Å². The summed E-state index contributed by atoms with van der Waals surface area (Å²) >= 11 is 0. The highest BCUT2D eigenvalue weighted by Crippen LogP contribution is 2.10. The summed E-state index contributed by atoms with van der Waals surface area (Å²) < 4.78 is 10.3. The first kappa shape index (κ1) is 14.4. The predicted molar refractivity (Wildman–Crippen MR) is 59.5 cm³/mol. The molecule has 0 aliphatic heterocycles. The predicted octanol–water partition coefficient (Wildman–Crippen LogP) is 1.19. The quantitative estimate of drug-likeness (QED) is 0.490. The van der Waals surface area contributed by atoms with E-state index < -0.39 is 0 Å². The van der Waals surface area contributed by atoms with Gasteiger partial charge in [0.15, 0.2) is 0 Å². The van der Waals surface area contributed by atoms with Gasteiger partial charge in [0.1, 0.15) is 6.61 Å². The van der Waals surface area contributed by atoms with Crippen molar-refractivity contribution in [2.45, 2.75) is 27.2 Å². The molecule has 0 rings (SSSR count). The molecule has 0 bridgehead atoms. The van der Waals surface area contributed by atoms with Crippen LogP contribution in [0, 0.1) is 11.8 Å². The summed E-state index contributed by atoms with van der Waals surface area (Å²) in [5, 5.41) is 0. The molecule has 0 aromatic heterocycles. The lowest BCUT2D eigenvalue weighted by atomic mass is 9.96. The normalized spacial score (nSPS) is 12.9. The van der Waals surface area contributed by atoms with E-state index in [2.05, 4.69) is 0 Å². The Morgan fingerprint density at radius 2 is 1.93 bits per heavy atom. The topological polar surface area (TPSA) is 61.5 Å². The summed E-state index contributed by atoms with van der Waals surface area (Å²) in [7, 11) is 0. The Kier molecular flexibility index (Phi) is 8.33. The summed E-state index contributed by atoms with van der Waals surface area (Å²) in [5.74, 6) is -0.192. The van der Waals surface area contributed by atoms with E-state index in [-0.39, 0.29) is 17.8 Å². The van der Waals surface area contributed by atoms with Crippen molar-refractivity contribution in [2.75, 3.05) is 26.4 Å². The van der Waals surface area contributed by atoms with E-state index in [4.69, 9.17) is 15.2 Å². The molecular formula is C11H23NO3. The average Bonchev–Trinajstić information content (AvgIpc) is 2.18. The molecule has 0 aliphatic rings. The molecule has 4 nitrogen and oxygen atoms in total. The summed E-state index contributed by atoms with van der Waals surface area (Å²) in [6, 6.07) is 0. The SMILES string of the molecule is CCCOCCOC(=O)C(CN)C(C)C. The first-order valence-corrected chi connectivity index (χ1v) is 5.57. The average molecular weight is 217 g/mol. The molecule has 0 saturated heterocycles. The molecule has 0 amide bonds. The molecule has 2 N–H and O–H groups in total. The number of carbonyl (C=O) groups is 1. The van der Waals surface area contributed by atoms with Gasteiger partial charge in [-0.2, -0.15) is 0 Å². The van der Waals surface area contributed by atoms with Crippen LogP contribution in [-0.4, -0.2) is 32.3 Å². The third-order valence-electron chi connectivity index (χ3n) is 2.18. The van der Waals surface area contributed by atoms with Crippen molar-refractivity contribution in [1.82, 2.24) is 0 Å². The van der Waals surface area contributed by atoms with Crippen LogP contribution < -0.4 is 5.73 Å². The van der Waals surface area contributed by atoms with Gasteiger partial charge >= 0.3 is 5.97 Å². The Morgan fingerprint density at radius 3 is 2.40 bits per heavy atom. The molecule has 0 aromatic carbocycles. The van der Waals surface area contributed by atoms with Crippen LogP contribution in [0.3, 0.4) is 0 Å². The van der Waals surface area contributed by atoms with Crippen LogP contribution in [0.4, 0.5) is 0 Å². The van der Waals surface area contributed by atoms with Crippen LogP contribution in [0.2, 0.25) is 0 Å². The minimum Gasteiger partial charge on any atom is -0.463 e. The summed E-state index contributed by atoms with van der Waals surface area (Å²) in [6.07, 6.45) is 0.978. The number of hydrogen-bond acceptors (Lipinski definition) is 4. The van der Waals surface area contributed by atoms with E-state index >= 15 is 0 Å². The molecule has 0 radical (unpaired) electrons. The lowest BCUT2D eigenvalue weighted by Gasteiger charge is -2.17. The Hall–Kier alpha value is -0.610. The molecule has 90 valence electrons. The van der Waals surface area contributed by atoms with Crippen molar-refractivity contribution in [3.8, 4) is 0 Å². The van der Waals surface area contributed by atoms with Crippen molar-refractivity contribution < 1.29 is 14.3 Å². The summed E-state index contributed by atoms with van der Waals surface area (Å²) in [6.45, 7) is 7.80. The number of carbonyl (C=O) groups excluding carboxylic acids is 1. The van der Waals surface area contributed by atoms with Crippen molar-refractivity contribution in [3.63, 3.8) is 0 Å². The van der Waals surface area contributed by atoms with Gasteiger partial charge in [0.25, 0.3) is 0 Å². The van der Waals surface area contributed by atoms with E-state index in [1.807, 2.05) is 20.8 Å². The molecule has 0 saturated carbocycles. The van der Waals surface area contributed by atoms with Gasteiger partial charge in [0.2, 0.25) is 0 Å². The van der Waals surface area contributed by atoms with E-state index in [9.17, 15) is 4.79 Å². The first-order valence-electron chi connectivity index (χ1n) is 5.57. The van der Waals surface area contributed by atoms with Crippen LogP contribution >= 0.6 is 0 Å². The fraction of sp³-hybridized carbons (Fsp3) is 0.909. The van der Waals surface area contributed by atoms with Gasteiger partial charge in [0, 0.05) is 13.2 Å². The van der Waals surface area contributed by atoms with Crippen LogP contribution in [0.15, 0.2) is 0 Å². The number of hydrogen-bond donors (Lipinski definition) is 1. The molecule has 0 fully saturated rings. The van der Waals surface area contributed by atoms with Crippen molar-refractivity contribution in [3.05, 3.63) is 0 Å². The molecule has 0 aromatic rings. The van der Waals surface area contributed by atoms with Crippen LogP contribution in [0.1, 0.15) is 27.2 Å².